The lowest BCUT2D eigenvalue weighted by atomic mass is 10.3. The molecule has 0 fully saturated rings. The highest BCUT2D eigenvalue weighted by molar-refractivity contribution is 14.1. The molecule has 0 unspecified atom stereocenters. The highest BCUT2D eigenvalue weighted by atomic mass is 127. The molecular weight excluding hydrogens is 279 g/mol. The van der Waals surface area contributed by atoms with Crippen LogP contribution in [0.15, 0.2) is 41.5 Å². The quantitative estimate of drug-likeness (QED) is 0.797. The largest absolute Gasteiger partial charge is 0.330 e. The Morgan fingerprint density at radius 2 is 1.92 bits per heavy atom. The topological polar surface area (TPSA) is 37.8 Å². The number of hydrogen-bond acceptors (Lipinski definition) is 1. The zero-order valence-electron chi connectivity index (χ0n) is 6.70. The van der Waals surface area contributed by atoms with E-state index < -0.39 is 0 Å². The van der Waals surface area contributed by atoms with Gasteiger partial charge in [0.15, 0.2) is 0 Å². The summed E-state index contributed by atoms with van der Waals surface area (Å²) in [5.41, 5.74) is 0.771. The predicted molar refractivity (Wildman–Crippen MR) is 59.1 cm³/mol. The van der Waals surface area contributed by atoms with Crippen molar-refractivity contribution in [3.8, 4) is 5.69 Å². The van der Waals surface area contributed by atoms with E-state index in [0.29, 0.717) is 0 Å². The van der Waals surface area contributed by atoms with Crippen LogP contribution < -0.4 is 5.69 Å². The Kier molecular flexibility index (Phi) is 2.22. The molecule has 0 aliphatic carbocycles. The van der Waals surface area contributed by atoms with Crippen LogP contribution in [-0.2, 0) is 0 Å². The third-order valence-electron chi connectivity index (χ3n) is 1.75. The third-order valence-corrected chi connectivity index (χ3v) is 2.47. The van der Waals surface area contributed by atoms with Crippen LogP contribution in [0.1, 0.15) is 0 Å². The van der Waals surface area contributed by atoms with Crippen molar-refractivity contribution in [2.45, 2.75) is 0 Å². The number of aromatic nitrogens is 2. The molecular formula is C9H7IN2O. The summed E-state index contributed by atoms with van der Waals surface area (Å²) >= 11 is 2.23. The Morgan fingerprint density at radius 3 is 2.46 bits per heavy atom. The smallest absolute Gasteiger partial charge is 0.312 e. The first-order valence-corrected chi connectivity index (χ1v) is 4.87. The molecule has 1 aromatic carbocycles. The van der Waals surface area contributed by atoms with Gasteiger partial charge in [-0.2, -0.15) is 0 Å². The highest BCUT2D eigenvalue weighted by Gasteiger charge is 1.97. The van der Waals surface area contributed by atoms with Gasteiger partial charge in [0.1, 0.15) is 0 Å². The van der Waals surface area contributed by atoms with Crippen molar-refractivity contribution in [3.05, 3.63) is 50.7 Å². The number of benzene rings is 1. The number of rotatable bonds is 1. The Balaban J connectivity index is 2.54. The molecule has 0 spiro atoms. The van der Waals surface area contributed by atoms with Crippen LogP contribution in [0.25, 0.3) is 5.69 Å². The van der Waals surface area contributed by atoms with Gasteiger partial charge in [0.2, 0.25) is 0 Å². The van der Waals surface area contributed by atoms with Gasteiger partial charge in [-0.05, 0) is 46.9 Å². The molecule has 0 saturated heterocycles. The van der Waals surface area contributed by atoms with E-state index in [9.17, 15) is 4.79 Å². The highest BCUT2D eigenvalue weighted by Crippen LogP contribution is 2.08. The summed E-state index contributed by atoms with van der Waals surface area (Å²) in [6.45, 7) is 0. The van der Waals surface area contributed by atoms with Gasteiger partial charge in [-0.1, -0.05) is 0 Å². The second-order valence-electron chi connectivity index (χ2n) is 2.61. The SMILES string of the molecule is O=c1[nH]ccn1-c1ccc(I)cc1. The minimum Gasteiger partial charge on any atom is -0.312 e. The van der Waals surface area contributed by atoms with Crippen molar-refractivity contribution in [2.24, 2.45) is 0 Å². The van der Waals surface area contributed by atoms with E-state index in [1.807, 2.05) is 24.3 Å². The Labute approximate surface area is 88.6 Å². The second kappa shape index (κ2) is 3.37. The molecule has 0 radical (unpaired) electrons. The first-order chi connectivity index (χ1) is 6.27. The Morgan fingerprint density at radius 1 is 1.23 bits per heavy atom. The molecule has 1 heterocycles. The van der Waals surface area contributed by atoms with Crippen molar-refractivity contribution in [1.82, 2.24) is 9.55 Å². The van der Waals surface area contributed by atoms with Gasteiger partial charge in [-0.25, -0.2) is 4.79 Å². The molecule has 13 heavy (non-hydrogen) atoms. The standard InChI is InChI=1S/C9H7IN2O/c10-7-1-3-8(4-2-7)12-6-5-11-9(12)13/h1-6H,(H,11,13). The molecule has 2 rings (SSSR count). The monoisotopic (exact) mass is 286 g/mol. The van der Waals surface area contributed by atoms with Crippen molar-refractivity contribution < 1.29 is 0 Å². The average molecular weight is 286 g/mol. The van der Waals surface area contributed by atoms with Gasteiger partial charge in [0.25, 0.3) is 0 Å². The number of nitrogens with one attached hydrogen (secondary N) is 1. The molecule has 4 heteroatoms. The van der Waals surface area contributed by atoms with Gasteiger partial charge in [-0.3, -0.25) is 4.57 Å². The molecule has 0 aliphatic heterocycles. The zero-order valence-corrected chi connectivity index (χ0v) is 8.86. The Hall–Kier alpha value is -1.04. The number of nitrogens with zero attached hydrogens (tertiary/aromatic N) is 1. The minimum atomic E-state index is -0.110. The van der Waals surface area contributed by atoms with E-state index in [0.717, 1.165) is 9.26 Å². The summed E-state index contributed by atoms with van der Waals surface area (Å²) in [5.74, 6) is 0. The third kappa shape index (κ3) is 1.67. The molecule has 1 aromatic heterocycles. The van der Waals surface area contributed by atoms with Crippen LogP contribution in [0.3, 0.4) is 0 Å². The van der Waals surface area contributed by atoms with Crippen molar-refractivity contribution in [1.29, 1.82) is 0 Å². The van der Waals surface area contributed by atoms with E-state index in [-0.39, 0.29) is 5.69 Å². The first-order valence-electron chi connectivity index (χ1n) is 3.79. The maximum absolute atomic E-state index is 11.2. The number of aromatic amines is 1. The number of H-pyrrole nitrogens is 1. The fourth-order valence-electron chi connectivity index (χ4n) is 1.13. The second-order valence-corrected chi connectivity index (χ2v) is 3.86. The zero-order chi connectivity index (χ0) is 9.26. The normalized spacial score (nSPS) is 10.2. The van der Waals surface area contributed by atoms with E-state index in [1.54, 1.807) is 17.0 Å². The van der Waals surface area contributed by atoms with Gasteiger partial charge in [0.05, 0.1) is 5.69 Å². The summed E-state index contributed by atoms with van der Waals surface area (Å²) in [5, 5.41) is 0. The fourth-order valence-corrected chi connectivity index (χ4v) is 1.48. The van der Waals surface area contributed by atoms with Gasteiger partial charge >= 0.3 is 5.69 Å². The average Bonchev–Trinajstić information content (AvgIpc) is 2.53. The van der Waals surface area contributed by atoms with Crippen LogP contribution in [0.2, 0.25) is 0 Å². The lowest BCUT2D eigenvalue weighted by Gasteiger charge is -1.99. The number of imidazole rings is 1. The van der Waals surface area contributed by atoms with Crippen LogP contribution in [-0.4, -0.2) is 9.55 Å². The molecule has 2 aromatic rings. The maximum Gasteiger partial charge on any atom is 0.330 e. The molecule has 0 amide bonds. The first kappa shape index (κ1) is 8.55. The van der Waals surface area contributed by atoms with Crippen LogP contribution in [0, 0.1) is 3.57 Å². The molecule has 0 aliphatic rings. The van der Waals surface area contributed by atoms with E-state index >= 15 is 0 Å². The van der Waals surface area contributed by atoms with E-state index in [1.165, 1.54) is 0 Å². The van der Waals surface area contributed by atoms with Crippen LogP contribution in [0.4, 0.5) is 0 Å². The van der Waals surface area contributed by atoms with E-state index in [2.05, 4.69) is 27.6 Å². The summed E-state index contributed by atoms with van der Waals surface area (Å²) < 4.78 is 2.72. The van der Waals surface area contributed by atoms with Gasteiger partial charge in [0, 0.05) is 16.0 Å². The lowest BCUT2D eigenvalue weighted by molar-refractivity contribution is 0.987. The fraction of sp³-hybridized carbons (Fsp3) is 0. The van der Waals surface area contributed by atoms with Crippen molar-refractivity contribution in [3.63, 3.8) is 0 Å². The minimum absolute atomic E-state index is 0.110. The van der Waals surface area contributed by atoms with Crippen LogP contribution in [0.5, 0.6) is 0 Å². The predicted octanol–water partition coefficient (Wildman–Crippen LogP) is 1.77. The summed E-state index contributed by atoms with van der Waals surface area (Å²) in [6, 6.07) is 7.76. The van der Waals surface area contributed by atoms with Crippen LogP contribution >= 0.6 is 22.6 Å². The van der Waals surface area contributed by atoms with Gasteiger partial charge < -0.3 is 4.98 Å². The Bertz CT molecular complexity index is 455. The van der Waals surface area contributed by atoms with Gasteiger partial charge in [-0.15, -0.1) is 0 Å². The van der Waals surface area contributed by atoms with Crippen molar-refractivity contribution >= 4 is 22.6 Å². The van der Waals surface area contributed by atoms with E-state index in [4.69, 9.17) is 0 Å². The van der Waals surface area contributed by atoms with Crippen molar-refractivity contribution in [2.75, 3.05) is 0 Å². The molecule has 1 N–H and O–H groups in total. The maximum atomic E-state index is 11.2. The molecule has 3 nitrogen and oxygen atoms in total. The number of halogens is 1. The molecule has 66 valence electrons. The summed E-state index contributed by atoms with van der Waals surface area (Å²) in [7, 11) is 0. The summed E-state index contributed by atoms with van der Waals surface area (Å²) in [4.78, 5) is 13.8. The molecule has 0 saturated carbocycles. The molecule has 0 atom stereocenters. The lowest BCUT2D eigenvalue weighted by Crippen LogP contribution is -2.13. The molecule has 0 bridgehead atoms. The summed E-state index contributed by atoms with van der Waals surface area (Å²) in [6.07, 6.45) is 3.34. The number of hydrogen-bond donors (Lipinski definition) is 1.